The topological polar surface area (TPSA) is 106 Å². The van der Waals surface area contributed by atoms with Crippen molar-refractivity contribution in [3.05, 3.63) is 94.1 Å². The highest BCUT2D eigenvalue weighted by Crippen LogP contribution is 2.35. The molecule has 41 heavy (non-hydrogen) atoms. The van der Waals surface area contributed by atoms with Crippen LogP contribution in [0.1, 0.15) is 41.3 Å². The molecular formula is C31H25ClF2N4O3. The molecule has 208 valence electrons. The van der Waals surface area contributed by atoms with E-state index in [0.29, 0.717) is 50.4 Å². The molecule has 2 atom stereocenters. The molecule has 3 aromatic carbocycles. The van der Waals surface area contributed by atoms with E-state index >= 15 is 8.78 Å². The fourth-order valence-electron chi connectivity index (χ4n) is 5.34. The summed E-state index contributed by atoms with van der Waals surface area (Å²) in [5.41, 5.74) is 2.32. The van der Waals surface area contributed by atoms with Crippen molar-refractivity contribution in [3.8, 4) is 17.2 Å². The van der Waals surface area contributed by atoms with Gasteiger partial charge in [-0.05, 0) is 55.7 Å². The molecule has 0 spiro atoms. The zero-order chi connectivity index (χ0) is 29.3. The number of hydrogen-bond donors (Lipinski definition) is 2. The summed E-state index contributed by atoms with van der Waals surface area (Å²) in [5, 5.41) is 22.3. The maximum atomic E-state index is 15.0. The number of benzene rings is 3. The second kappa shape index (κ2) is 11.5. The van der Waals surface area contributed by atoms with Gasteiger partial charge in [-0.3, -0.25) is 9.78 Å². The lowest BCUT2D eigenvalue weighted by Gasteiger charge is -2.24. The molecule has 1 aliphatic rings. The van der Waals surface area contributed by atoms with Crippen LogP contribution in [-0.2, 0) is 11.2 Å². The van der Waals surface area contributed by atoms with Crippen LogP contribution in [-0.4, -0.2) is 40.6 Å². The maximum absolute atomic E-state index is 15.0. The third-order valence-electron chi connectivity index (χ3n) is 7.41. The first-order chi connectivity index (χ1) is 19.7. The minimum Gasteiger partial charge on any atom is -0.480 e. The zero-order valence-electron chi connectivity index (χ0n) is 22.0. The molecule has 0 bridgehead atoms. The number of aromatic nitrogens is 1. The van der Waals surface area contributed by atoms with Crippen molar-refractivity contribution in [1.82, 2.24) is 10.3 Å². The van der Waals surface area contributed by atoms with Crippen LogP contribution in [0.2, 0.25) is 5.02 Å². The van der Waals surface area contributed by atoms with Gasteiger partial charge in [0.15, 0.2) is 0 Å². The predicted molar refractivity (Wildman–Crippen MR) is 152 cm³/mol. The van der Waals surface area contributed by atoms with Crippen LogP contribution >= 0.6 is 11.6 Å². The fraction of sp³-hybridized carbons (Fsp3) is 0.226. The Labute approximate surface area is 240 Å². The highest BCUT2D eigenvalue weighted by atomic mass is 35.5. The monoisotopic (exact) mass is 574 g/mol. The van der Waals surface area contributed by atoms with Crippen molar-refractivity contribution in [1.29, 1.82) is 5.26 Å². The highest BCUT2D eigenvalue weighted by molar-refractivity contribution is 6.33. The van der Waals surface area contributed by atoms with Crippen LogP contribution < -0.4 is 10.2 Å². The number of hydrogen-bond acceptors (Lipinski definition) is 5. The number of rotatable bonds is 7. The van der Waals surface area contributed by atoms with E-state index in [1.165, 1.54) is 0 Å². The van der Waals surface area contributed by atoms with Crippen molar-refractivity contribution in [2.45, 2.75) is 38.3 Å². The Balaban J connectivity index is 1.43. The van der Waals surface area contributed by atoms with E-state index in [4.69, 9.17) is 16.9 Å². The standard InChI is InChI=1S/C31H25ClF2N4O3/c1-17-4-3-11-38(17)20-14-25(33)28(26(34)15-20)30(39)37-27(31(40)41)13-19-7-9-23(29-21(19)5-2-10-36-29)22-8-6-18(16-35)12-24(22)32/h2,5-10,12,14-15,17,27H,3-4,11,13H2,1H3,(H,37,39)(H,40,41)/t17-,27-/m0/s1. The summed E-state index contributed by atoms with van der Waals surface area (Å²) in [6, 6.07) is 14.7. The second-order valence-corrected chi connectivity index (χ2v) is 10.4. The summed E-state index contributed by atoms with van der Waals surface area (Å²) >= 11 is 6.44. The average Bonchev–Trinajstić information content (AvgIpc) is 3.38. The zero-order valence-corrected chi connectivity index (χ0v) is 22.8. The number of carboxylic acid groups (broad SMARTS) is 1. The van der Waals surface area contributed by atoms with Crippen LogP contribution in [0.4, 0.5) is 14.5 Å². The quantitative estimate of drug-likeness (QED) is 0.275. The van der Waals surface area contributed by atoms with E-state index in [9.17, 15) is 14.7 Å². The van der Waals surface area contributed by atoms with Gasteiger partial charge in [0.05, 0.1) is 17.1 Å². The van der Waals surface area contributed by atoms with Gasteiger partial charge in [0.1, 0.15) is 23.2 Å². The van der Waals surface area contributed by atoms with Gasteiger partial charge in [-0.25, -0.2) is 13.6 Å². The van der Waals surface area contributed by atoms with Gasteiger partial charge in [-0.2, -0.15) is 5.26 Å². The normalized spacial score (nSPS) is 15.5. The van der Waals surface area contributed by atoms with Crippen molar-refractivity contribution < 1.29 is 23.5 Å². The third kappa shape index (κ3) is 5.56. The molecule has 1 aliphatic heterocycles. The Hall–Kier alpha value is -4.55. The van der Waals surface area contributed by atoms with E-state index in [1.54, 1.807) is 48.7 Å². The molecule has 5 rings (SSSR count). The van der Waals surface area contributed by atoms with Crippen molar-refractivity contribution >= 4 is 40.1 Å². The molecule has 7 nitrogen and oxygen atoms in total. The summed E-state index contributed by atoms with van der Waals surface area (Å²) in [6.45, 7) is 2.62. The number of carboxylic acids is 1. The summed E-state index contributed by atoms with van der Waals surface area (Å²) in [7, 11) is 0. The number of halogens is 3. The Morgan fingerprint density at radius 3 is 2.54 bits per heavy atom. The van der Waals surface area contributed by atoms with Crippen LogP contribution in [0.25, 0.3) is 22.0 Å². The Morgan fingerprint density at radius 1 is 1.17 bits per heavy atom. The summed E-state index contributed by atoms with van der Waals surface area (Å²) in [5.74, 6) is -4.63. The van der Waals surface area contributed by atoms with E-state index in [-0.39, 0.29) is 12.5 Å². The van der Waals surface area contributed by atoms with Gasteiger partial charge in [-0.1, -0.05) is 35.9 Å². The average molecular weight is 575 g/mol. The lowest BCUT2D eigenvalue weighted by Crippen LogP contribution is -2.43. The molecular weight excluding hydrogens is 550 g/mol. The molecule has 1 amide bonds. The summed E-state index contributed by atoms with van der Waals surface area (Å²) in [4.78, 5) is 31.5. The molecule has 4 aromatic rings. The SMILES string of the molecule is C[C@H]1CCCN1c1cc(F)c(C(=O)N[C@@H](Cc2ccc(-c3ccc(C#N)cc3Cl)c3ncccc23)C(=O)O)c(F)c1. The first-order valence-corrected chi connectivity index (χ1v) is 13.4. The van der Waals surface area contributed by atoms with Crippen molar-refractivity contribution in [2.75, 3.05) is 11.4 Å². The van der Waals surface area contributed by atoms with Crippen LogP contribution in [0.5, 0.6) is 0 Å². The molecule has 1 fully saturated rings. The highest BCUT2D eigenvalue weighted by Gasteiger charge is 2.28. The number of carbonyl (C=O) groups is 2. The number of carbonyl (C=O) groups excluding carboxylic acids is 1. The van der Waals surface area contributed by atoms with Gasteiger partial charge in [0, 0.05) is 52.4 Å². The maximum Gasteiger partial charge on any atom is 0.326 e. The first kappa shape index (κ1) is 28.0. The number of amides is 1. The molecule has 0 saturated carbocycles. The minimum absolute atomic E-state index is 0.119. The molecule has 1 aromatic heterocycles. The number of nitrogens with one attached hydrogen (secondary N) is 1. The lowest BCUT2D eigenvalue weighted by molar-refractivity contribution is -0.139. The van der Waals surface area contributed by atoms with Gasteiger partial charge in [-0.15, -0.1) is 0 Å². The predicted octanol–water partition coefficient (Wildman–Crippen LogP) is 6.12. The molecule has 2 heterocycles. The lowest BCUT2D eigenvalue weighted by atomic mass is 9.94. The van der Waals surface area contributed by atoms with Crippen LogP contribution in [0, 0.1) is 23.0 Å². The number of nitriles is 1. The smallest absolute Gasteiger partial charge is 0.326 e. The van der Waals surface area contributed by atoms with Crippen molar-refractivity contribution in [3.63, 3.8) is 0 Å². The number of aliphatic carboxylic acids is 1. The van der Waals surface area contributed by atoms with Crippen LogP contribution in [0.15, 0.2) is 60.8 Å². The number of fused-ring (bicyclic) bond motifs is 1. The number of nitrogens with zero attached hydrogens (tertiary/aromatic N) is 3. The fourth-order valence-corrected chi connectivity index (χ4v) is 5.62. The Bertz CT molecular complexity index is 1700. The number of anilines is 1. The van der Waals surface area contributed by atoms with E-state index < -0.39 is 35.1 Å². The van der Waals surface area contributed by atoms with Gasteiger partial charge >= 0.3 is 5.97 Å². The van der Waals surface area contributed by atoms with Gasteiger partial charge in [0.2, 0.25) is 0 Å². The van der Waals surface area contributed by atoms with E-state index in [0.717, 1.165) is 25.0 Å². The molecule has 2 N–H and O–H groups in total. The molecule has 1 saturated heterocycles. The van der Waals surface area contributed by atoms with E-state index in [2.05, 4.69) is 10.3 Å². The molecule has 0 unspecified atom stereocenters. The minimum atomic E-state index is -1.48. The summed E-state index contributed by atoms with van der Waals surface area (Å²) < 4.78 is 30.0. The van der Waals surface area contributed by atoms with E-state index in [1.807, 2.05) is 17.9 Å². The van der Waals surface area contributed by atoms with Crippen LogP contribution in [0.3, 0.4) is 0 Å². The van der Waals surface area contributed by atoms with Gasteiger partial charge < -0.3 is 15.3 Å². The Morgan fingerprint density at radius 2 is 1.90 bits per heavy atom. The number of pyridine rings is 1. The summed E-state index contributed by atoms with van der Waals surface area (Å²) in [6.07, 6.45) is 3.22. The van der Waals surface area contributed by atoms with Crippen molar-refractivity contribution in [2.24, 2.45) is 0 Å². The third-order valence-corrected chi connectivity index (χ3v) is 7.73. The first-order valence-electron chi connectivity index (χ1n) is 13.0. The largest absolute Gasteiger partial charge is 0.480 e. The molecule has 0 radical (unpaired) electrons. The second-order valence-electron chi connectivity index (χ2n) is 10.0. The molecule has 0 aliphatic carbocycles. The molecule has 10 heteroatoms. The van der Waals surface area contributed by atoms with Gasteiger partial charge in [0.25, 0.3) is 5.91 Å². The Kier molecular flexibility index (Phi) is 7.86.